The third-order valence-corrected chi connectivity index (χ3v) is 3.52. The number of halogens is 2. The van der Waals surface area contributed by atoms with E-state index < -0.39 is 5.97 Å². The van der Waals surface area contributed by atoms with Crippen molar-refractivity contribution in [3.63, 3.8) is 0 Å². The van der Waals surface area contributed by atoms with E-state index in [0.717, 1.165) is 0 Å². The first-order chi connectivity index (χ1) is 10.4. The maximum Gasteiger partial charge on any atom is 0.356 e. The molecular formula is C16H14BrFN2O2. The highest BCUT2D eigenvalue weighted by Gasteiger charge is 2.16. The van der Waals surface area contributed by atoms with Crippen LogP contribution in [0.15, 0.2) is 58.4 Å². The summed E-state index contributed by atoms with van der Waals surface area (Å²) in [6.45, 7) is 3.87. The van der Waals surface area contributed by atoms with Gasteiger partial charge in [0.25, 0.3) is 0 Å². The second-order valence-corrected chi connectivity index (χ2v) is 5.48. The number of hydrogen-bond acceptors (Lipinski definition) is 4. The lowest BCUT2D eigenvalue weighted by Gasteiger charge is -2.19. The average Bonchev–Trinajstić information content (AvgIpc) is 2.48. The fraction of sp³-hybridized carbons (Fsp3) is 0.125. The third kappa shape index (κ3) is 3.51. The van der Waals surface area contributed by atoms with Crippen molar-refractivity contribution in [2.24, 2.45) is 4.99 Å². The van der Waals surface area contributed by atoms with Gasteiger partial charge in [-0.3, -0.25) is 0 Å². The van der Waals surface area contributed by atoms with Crippen molar-refractivity contribution < 1.29 is 13.9 Å². The number of nitrogens with zero attached hydrogens (tertiary/aromatic N) is 2. The van der Waals surface area contributed by atoms with E-state index in [9.17, 15) is 9.18 Å². The molecular weight excluding hydrogens is 351 g/mol. The highest BCUT2D eigenvalue weighted by atomic mass is 79.9. The molecule has 22 heavy (non-hydrogen) atoms. The minimum absolute atomic E-state index is 0.177. The molecule has 1 aromatic carbocycles. The van der Waals surface area contributed by atoms with E-state index in [1.54, 1.807) is 42.4 Å². The van der Waals surface area contributed by atoms with Gasteiger partial charge in [-0.2, -0.15) is 0 Å². The van der Waals surface area contributed by atoms with Crippen LogP contribution >= 0.6 is 15.9 Å². The van der Waals surface area contributed by atoms with E-state index >= 15 is 0 Å². The summed E-state index contributed by atoms with van der Waals surface area (Å²) in [5.74, 6) is -0.451. The van der Waals surface area contributed by atoms with Crippen molar-refractivity contribution in [1.29, 1.82) is 0 Å². The second-order valence-electron chi connectivity index (χ2n) is 4.57. The Hall–Kier alpha value is -2.21. The maximum absolute atomic E-state index is 14.0. The number of esters is 1. The van der Waals surface area contributed by atoms with E-state index in [1.165, 1.54) is 13.2 Å². The number of allylic oxidation sites excluding steroid dienone is 2. The zero-order valence-electron chi connectivity index (χ0n) is 12.1. The van der Waals surface area contributed by atoms with Crippen LogP contribution in [0.25, 0.3) is 5.57 Å². The molecule has 1 heterocycles. The molecule has 1 aliphatic heterocycles. The predicted molar refractivity (Wildman–Crippen MR) is 87.6 cm³/mol. The second kappa shape index (κ2) is 6.70. The number of hydrogen-bond donors (Lipinski definition) is 0. The molecule has 0 saturated carbocycles. The summed E-state index contributed by atoms with van der Waals surface area (Å²) in [6, 6.07) is 4.73. The van der Waals surface area contributed by atoms with E-state index in [1.807, 2.05) is 0 Å². The quantitative estimate of drug-likeness (QED) is 0.770. The summed E-state index contributed by atoms with van der Waals surface area (Å²) in [7, 11) is 3.06. The SMILES string of the molecule is C=C(/C=C1/N=C(C(=O)OC)C=CN1C)c1ccc(Br)cc1F. The Bertz CT molecular complexity index is 723. The molecule has 0 N–H and O–H groups in total. The lowest BCUT2D eigenvalue weighted by molar-refractivity contribution is -0.132. The summed E-state index contributed by atoms with van der Waals surface area (Å²) < 4.78 is 19.2. The molecule has 0 aliphatic carbocycles. The lowest BCUT2D eigenvalue weighted by atomic mass is 10.1. The van der Waals surface area contributed by atoms with Crippen molar-refractivity contribution in [1.82, 2.24) is 4.90 Å². The van der Waals surface area contributed by atoms with Crippen LogP contribution < -0.4 is 0 Å². The Morgan fingerprint density at radius 2 is 2.23 bits per heavy atom. The zero-order chi connectivity index (χ0) is 16.3. The molecule has 0 fully saturated rings. The first-order valence-corrected chi connectivity index (χ1v) is 7.15. The molecule has 0 aromatic heterocycles. The molecule has 6 heteroatoms. The van der Waals surface area contributed by atoms with Crippen LogP contribution in [0.4, 0.5) is 4.39 Å². The smallest absolute Gasteiger partial charge is 0.356 e. The van der Waals surface area contributed by atoms with E-state index in [4.69, 9.17) is 0 Å². The normalized spacial score (nSPS) is 15.7. The number of aliphatic imine (C=N–C) groups is 1. The Labute approximate surface area is 136 Å². The highest BCUT2D eigenvalue weighted by molar-refractivity contribution is 9.10. The number of rotatable bonds is 3. The molecule has 0 radical (unpaired) electrons. The van der Waals surface area contributed by atoms with Gasteiger partial charge in [-0.15, -0.1) is 0 Å². The average molecular weight is 365 g/mol. The van der Waals surface area contributed by atoms with Crippen molar-refractivity contribution in [2.75, 3.05) is 14.2 Å². The van der Waals surface area contributed by atoms with E-state index in [-0.39, 0.29) is 11.5 Å². The summed E-state index contributed by atoms with van der Waals surface area (Å²) >= 11 is 3.21. The first-order valence-electron chi connectivity index (χ1n) is 6.36. The van der Waals surface area contributed by atoms with Gasteiger partial charge in [-0.1, -0.05) is 28.6 Å². The Morgan fingerprint density at radius 3 is 2.86 bits per heavy atom. The van der Waals surface area contributed by atoms with Crippen molar-refractivity contribution in [3.05, 3.63) is 64.8 Å². The highest BCUT2D eigenvalue weighted by Crippen LogP contribution is 2.24. The van der Waals surface area contributed by atoms with Crippen LogP contribution in [-0.4, -0.2) is 30.7 Å². The van der Waals surface area contributed by atoms with Gasteiger partial charge in [0.05, 0.1) is 7.11 Å². The molecule has 1 aliphatic rings. The van der Waals surface area contributed by atoms with Crippen LogP contribution in [0, 0.1) is 5.82 Å². The molecule has 2 rings (SSSR count). The monoisotopic (exact) mass is 364 g/mol. The van der Waals surface area contributed by atoms with Crippen molar-refractivity contribution in [2.45, 2.75) is 0 Å². The number of carbonyl (C=O) groups is 1. The number of benzene rings is 1. The predicted octanol–water partition coefficient (Wildman–Crippen LogP) is 3.52. The van der Waals surface area contributed by atoms with Gasteiger partial charge in [-0.05, 0) is 29.9 Å². The molecule has 0 unspecified atom stereocenters. The van der Waals surface area contributed by atoms with Crippen LogP contribution in [0.5, 0.6) is 0 Å². The van der Waals surface area contributed by atoms with E-state index in [2.05, 4.69) is 32.2 Å². The van der Waals surface area contributed by atoms with E-state index in [0.29, 0.717) is 21.4 Å². The maximum atomic E-state index is 14.0. The van der Waals surface area contributed by atoms with Crippen LogP contribution in [-0.2, 0) is 9.53 Å². The number of carbonyl (C=O) groups excluding carboxylic acids is 1. The zero-order valence-corrected chi connectivity index (χ0v) is 13.7. The first kappa shape index (κ1) is 16.2. The van der Waals surface area contributed by atoms with Crippen molar-refractivity contribution >= 4 is 33.2 Å². The number of ether oxygens (including phenoxy) is 1. The molecule has 0 bridgehead atoms. The number of methoxy groups -OCH3 is 1. The molecule has 1 aromatic rings. The summed E-state index contributed by atoms with van der Waals surface area (Å²) in [5, 5.41) is 0. The van der Waals surface area contributed by atoms with Gasteiger partial charge < -0.3 is 9.64 Å². The molecule has 114 valence electrons. The third-order valence-electron chi connectivity index (χ3n) is 3.03. The lowest BCUT2D eigenvalue weighted by Crippen LogP contribution is -2.21. The Morgan fingerprint density at radius 1 is 1.50 bits per heavy atom. The van der Waals surface area contributed by atoms with Gasteiger partial charge >= 0.3 is 5.97 Å². The van der Waals surface area contributed by atoms with Crippen LogP contribution in [0.3, 0.4) is 0 Å². The Kier molecular flexibility index (Phi) is 4.92. The molecule has 0 atom stereocenters. The Balaban J connectivity index is 2.34. The topological polar surface area (TPSA) is 41.9 Å². The molecule has 0 amide bonds. The summed E-state index contributed by atoms with van der Waals surface area (Å²) in [4.78, 5) is 17.4. The summed E-state index contributed by atoms with van der Waals surface area (Å²) in [6.07, 6.45) is 4.83. The van der Waals surface area contributed by atoms with Gasteiger partial charge in [0.15, 0.2) is 5.71 Å². The standard InChI is InChI=1S/C16H14BrFN2O2/c1-10(12-5-4-11(17)9-13(12)18)8-15-19-14(16(21)22-3)6-7-20(15)2/h4-9H,1H2,2-3H3/b15-8-. The van der Waals surface area contributed by atoms with Gasteiger partial charge in [0.2, 0.25) is 0 Å². The molecule has 0 spiro atoms. The van der Waals surface area contributed by atoms with Crippen LogP contribution in [0.2, 0.25) is 0 Å². The molecule has 0 saturated heterocycles. The largest absolute Gasteiger partial charge is 0.464 e. The van der Waals surface area contributed by atoms with Gasteiger partial charge in [-0.25, -0.2) is 14.2 Å². The fourth-order valence-corrected chi connectivity index (χ4v) is 2.17. The minimum Gasteiger partial charge on any atom is -0.464 e. The molecule has 4 nitrogen and oxygen atoms in total. The van der Waals surface area contributed by atoms with Gasteiger partial charge in [0.1, 0.15) is 11.6 Å². The van der Waals surface area contributed by atoms with Crippen LogP contribution in [0.1, 0.15) is 5.56 Å². The fourth-order valence-electron chi connectivity index (χ4n) is 1.83. The van der Waals surface area contributed by atoms with Crippen molar-refractivity contribution in [3.8, 4) is 0 Å². The minimum atomic E-state index is -0.532. The summed E-state index contributed by atoms with van der Waals surface area (Å²) in [5.41, 5.74) is 1.000. The van der Waals surface area contributed by atoms with Gasteiger partial charge in [0, 0.05) is 23.3 Å².